The number of allylic oxidation sites excluding steroid dienone is 4. The van der Waals surface area contributed by atoms with Gasteiger partial charge in [0.05, 0.1) is 19.8 Å². The van der Waals surface area contributed by atoms with Crippen molar-refractivity contribution in [2.24, 2.45) is 5.73 Å². The third kappa shape index (κ3) is 47.9. The number of hydrogen-bond acceptors (Lipinski definition) is 7. The summed E-state index contributed by atoms with van der Waals surface area (Å²) in [5.41, 5.74) is 5.38. The fraction of sp³-hybridized carbons (Fsp3) is 0.900. The van der Waals surface area contributed by atoms with E-state index in [1.807, 2.05) is 0 Å². The van der Waals surface area contributed by atoms with Gasteiger partial charge in [-0.1, -0.05) is 231 Å². The summed E-state index contributed by atoms with van der Waals surface area (Å²) in [7, 11) is -4.28. The fourth-order valence-electron chi connectivity index (χ4n) is 7.37. The second-order valence-corrected chi connectivity index (χ2v) is 18.5. The van der Waals surface area contributed by atoms with Gasteiger partial charge >= 0.3 is 13.8 Å². The van der Waals surface area contributed by atoms with E-state index in [0.717, 1.165) is 44.9 Å². The summed E-state index contributed by atoms with van der Waals surface area (Å²) in [6.45, 7) is 4.91. The molecule has 3 N–H and O–H groups in total. The first-order chi connectivity index (χ1) is 28.9. The summed E-state index contributed by atoms with van der Waals surface area (Å²) >= 11 is 0. The summed E-state index contributed by atoms with van der Waals surface area (Å²) < 4.78 is 33.5. The van der Waals surface area contributed by atoms with Gasteiger partial charge < -0.3 is 20.1 Å². The summed E-state index contributed by atoms with van der Waals surface area (Å²) in [6, 6.07) is 0. The van der Waals surface area contributed by atoms with Gasteiger partial charge in [0.25, 0.3) is 0 Å². The van der Waals surface area contributed by atoms with Gasteiger partial charge in [-0.3, -0.25) is 13.8 Å². The third-order valence-electron chi connectivity index (χ3n) is 11.1. The summed E-state index contributed by atoms with van der Waals surface area (Å²) in [5, 5.41) is 0. The number of phosphoric ester groups is 1. The van der Waals surface area contributed by atoms with Crippen molar-refractivity contribution in [3.63, 3.8) is 0 Å². The smallest absolute Gasteiger partial charge is 0.457 e. The van der Waals surface area contributed by atoms with Gasteiger partial charge in [0.15, 0.2) is 0 Å². The van der Waals surface area contributed by atoms with Crippen molar-refractivity contribution >= 4 is 13.8 Å². The third-order valence-corrected chi connectivity index (χ3v) is 12.1. The first kappa shape index (κ1) is 58.0. The Balaban J connectivity index is 3.87. The van der Waals surface area contributed by atoms with Crippen LogP contribution in [0.15, 0.2) is 24.3 Å². The van der Waals surface area contributed by atoms with E-state index in [9.17, 15) is 14.3 Å². The number of ether oxygens (including phenoxy) is 2. The Bertz CT molecular complexity index is 962. The lowest BCUT2D eigenvalue weighted by Gasteiger charge is -2.20. The largest absolute Gasteiger partial charge is 0.472 e. The SMILES string of the molecule is CCCC/C=C\C/C=C\CCCCCCCCOCC(COP(=O)(O)OCCN)OC(=O)CCCCCCCCCCCCCCCCCCCCCCCCCCC. The van der Waals surface area contributed by atoms with Gasteiger partial charge in [-0.25, -0.2) is 4.57 Å². The van der Waals surface area contributed by atoms with Crippen molar-refractivity contribution in [1.82, 2.24) is 0 Å². The first-order valence-corrected chi connectivity index (χ1v) is 26.8. The molecule has 0 aromatic heterocycles. The maximum atomic E-state index is 12.6. The average Bonchev–Trinajstić information content (AvgIpc) is 3.23. The van der Waals surface area contributed by atoms with Crippen LogP contribution in [0.3, 0.4) is 0 Å². The fourth-order valence-corrected chi connectivity index (χ4v) is 8.13. The number of carbonyl (C=O) groups excluding carboxylic acids is 1. The Morgan fingerprint density at radius 1 is 0.508 bits per heavy atom. The summed E-state index contributed by atoms with van der Waals surface area (Å²) in [4.78, 5) is 22.6. The number of nitrogens with two attached hydrogens (primary N) is 1. The van der Waals surface area contributed by atoms with Gasteiger partial charge in [0.1, 0.15) is 6.10 Å². The van der Waals surface area contributed by atoms with E-state index in [2.05, 4.69) is 38.2 Å². The van der Waals surface area contributed by atoms with Crippen molar-refractivity contribution in [3.8, 4) is 0 Å². The van der Waals surface area contributed by atoms with Crippen LogP contribution in [0.25, 0.3) is 0 Å². The van der Waals surface area contributed by atoms with E-state index >= 15 is 0 Å². The van der Waals surface area contributed by atoms with Crippen LogP contribution in [0.1, 0.15) is 251 Å². The molecule has 0 aliphatic heterocycles. The monoisotopic (exact) mass is 856 g/mol. The normalized spacial score (nSPS) is 13.5. The maximum absolute atomic E-state index is 12.6. The Labute approximate surface area is 366 Å². The molecule has 9 heteroatoms. The molecule has 0 bridgehead atoms. The highest BCUT2D eigenvalue weighted by Crippen LogP contribution is 2.43. The molecular weight excluding hydrogens is 758 g/mol. The van der Waals surface area contributed by atoms with Gasteiger partial charge in [0, 0.05) is 19.6 Å². The predicted octanol–water partition coefficient (Wildman–Crippen LogP) is 15.6. The Morgan fingerprint density at radius 2 is 0.915 bits per heavy atom. The Kier molecular flexibility index (Phi) is 47.2. The van der Waals surface area contributed by atoms with E-state index in [-0.39, 0.29) is 32.3 Å². The minimum absolute atomic E-state index is 0.0954. The standard InChI is InChI=1S/C50H98NO7P/c1-3-5-7-9-11-13-15-17-19-20-21-22-23-24-25-26-27-28-29-31-33-35-37-39-41-43-50(52)58-49(48-57-59(53,54)56-46-44-51)47-55-45-42-40-38-36-34-32-30-18-16-14-12-10-8-6-4-2/h10,12,16,18,49H,3-9,11,13-15,17,19-48,51H2,1-2H3,(H,53,54)/b12-10-,18-16-. The number of rotatable bonds is 49. The number of carbonyl (C=O) groups is 1. The molecule has 0 aliphatic carbocycles. The van der Waals surface area contributed by atoms with Crippen LogP contribution in [0.4, 0.5) is 0 Å². The molecule has 350 valence electrons. The topological polar surface area (TPSA) is 117 Å². The molecule has 0 saturated heterocycles. The average molecular weight is 856 g/mol. The van der Waals surface area contributed by atoms with E-state index in [0.29, 0.717) is 13.0 Å². The van der Waals surface area contributed by atoms with E-state index < -0.39 is 13.9 Å². The van der Waals surface area contributed by atoms with E-state index in [1.165, 1.54) is 186 Å². The van der Waals surface area contributed by atoms with Crippen LogP contribution >= 0.6 is 7.82 Å². The van der Waals surface area contributed by atoms with Crippen molar-refractivity contribution in [2.45, 2.75) is 258 Å². The van der Waals surface area contributed by atoms with Crippen LogP contribution in [0.2, 0.25) is 0 Å². The Morgan fingerprint density at radius 3 is 1.37 bits per heavy atom. The number of hydrogen-bond donors (Lipinski definition) is 2. The van der Waals surface area contributed by atoms with Crippen LogP contribution < -0.4 is 5.73 Å². The van der Waals surface area contributed by atoms with E-state index in [4.69, 9.17) is 24.3 Å². The lowest BCUT2D eigenvalue weighted by molar-refractivity contribution is -0.154. The van der Waals surface area contributed by atoms with Crippen LogP contribution in [0, 0.1) is 0 Å². The molecular formula is C50H98NO7P. The van der Waals surface area contributed by atoms with Crippen LogP contribution in [-0.4, -0.2) is 49.9 Å². The minimum atomic E-state index is -4.28. The molecule has 2 unspecified atom stereocenters. The highest BCUT2D eigenvalue weighted by Gasteiger charge is 2.25. The number of unbranched alkanes of at least 4 members (excludes halogenated alkanes) is 32. The highest BCUT2D eigenvalue weighted by molar-refractivity contribution is 7.47. The first-order valence-electron chi connectivity index (χ1n) is 25.3. The second kappa shape index (κ2) is 48.0. The Hall–Kier alpha value is -1.02. The summed E-state index contributed by atoms with van der Waals surface area (Å²) in [6.07, 6.45) is 55.0. The molecule has 0 radical (unpaired) electrons. The quantitative estimate of drug-likeness (QED) is 0.0269. The van der Waals surface area contributed by atoms with Crippen LogP contribution in [0.5, 0.6) is 0 Å². The molecule has 0 amide bonds. The lowest BCUT2D eigenvalue weighted by Crippen LogP contribution is -2.28. The number of esters is 1. The lowest BCUT2D eigenvalue weighted by atomic mass is 10.0. The van der Waals surface area contributed by atoms with Gasteiger partial charge in [-0.2, -0.15) is 0 Å². The van der Waals surface area contributed by atoms with Gasteiger partial charge in [-0.15, -0.1) is 0 Å². The molecule has 0 fully saturated rings. The molecule has 0 aromatic carbocycles. The van der Waals surface area contributed by atoms with E-state index in [1.54, 1.807) is 0 Å². The van der Waals surface area contributed by atoms with Crippen molar-refractivity contribution < 1.29 is 32.8 Å². The van der Waals surface area contributed by atoms with Gasteiger partial charge in [0.2, 0.25) is 0 Å². The minimum Gasteiger partial charge on any atom is -0.457 e. The van der Waals surface area contributed by atoms with Crippen molar-refractivity contribution in [1.29, 1.82) is 0 Å². The molecule has 0 aliphatic rings. The van der Waals surface area contributed by atoms with Crippen molar-refractivity contribution in [3.05, 3.63) is 24.3 Å². The molecule has 2 atom stereocenters. The summed E-state index contributed by atoms with van der Waals surface area (Å²) in [5.74, 6) is -0.329. The molecule has 0 heterocycles. The number of phosphoric acid groups is 1. The molecule has 0 rings (SSSR count). The zero-order chi connectivity index (χ0) is 43.0. The highest BCUT2D eigenvalue weighted by atomic mass is 31.2. The zero-order valence-electron chi connectivity index (χ0n) is 39.0. The van der Waals surface area contributed by atoms with Crippen LogP contribution in [-0.2, 0) is 27.9 Å². The molecule has 59 heavy (non-hydrogen) atoms. The maximum Gasteiger partial charge on any atom is 0.472 e. The molecule has 0 saturated carbocycles. The van der Waals surface area contributed by atoms with Crippen molar-refractivity contribution in [2.75, 3.05) is 33.0 Å². The molecule has 8 nitrogen and oxygen atoms in total. The zero-order valence-corrected chi connectivity index (χ0v) is 39.9. The van der Waals surface area contributed by atoms with Gasteiger partial charge in [-0.05, 0) is 38.5 Å². The predicted molar refractivity (Wildman–Crippen MR) is 252 cm³/mol. The second-order valence-electron chi connectivity index (χ2n) is 17.0. The molecule has 0 aromatic rings. The molecule has 0 spiro atoms.